The second-order valence-corrected chi connectivity index (χ2v) is 13.8. The minimum Gasteiger partial charge on any atom is -0.445 e. The normalized spacial score (nSPS) is 15.4. The molecule has 0 saturated carbocycles. The number of sulfonamides is 1. The maximum Gasteiger partial charge on any atom is 0.410 e. The van der Waals surface area contributed by atoms with Gasteiger partial charge in [0.05, 0.1) is 9.82 Å². The molecule has 1 atom stereocenters. The molecule has 0 spiro atoms. The third kappa shape index (κ3) is 9.24. The van der Waals surface area contributed by atoms with Gasteiger partial charge in [0.25, 0.3) is 5.69 Å². The van der Waals surface area contributed by atoms with E-state index in [2.05, 4.69) is 30.5 Å². The molecule has 1 saturated heterocycles. The van der Waals surface area contributed by atoms with Crippen molar-refractivity contribution in [3.8, 4) is 0 Å². The Labute approximate surface area is 273 Å². The van der Waals surface area contributed by atoms with E-state index in [-0.39, 0.29) is 30.7 Å². The van der Waals surface area contributed by atoms with Gasteiger partial charge >= 0.3 is 6.09 Å². The first-order valence-electron chi connectivity index (χ1n) is 15.1. The molecule has 0 radical (unpaired) electrons. The average Bonchev–Trinajstić information content (AvgIpc) is 3.06. The van der Waals surface area contributed by atoms with Crippen LogP contribution in [0, 0.1) is 10.1 Å². The molecule has 1 aliphatic rings. The Bertz CT molecular complexity index is 1530. The summed E-state index contributed by atoms with van der Waals surface area (Å²) in [4.78, 5) is 27.8. The van der Waals surface area contributed by atoms with Crippen LogP contribution >= 0.6 is 0 Å². The van der Waals surface area contributed by atoms with Crippen LogP contribution in [0.15, 0.2) is 102 Å². The number of ether oxygens (including phenoxy) is 1. The van der Waals surface area contributed by atoms with Crippen LogP contribution < -0.4 is 0 Å². The lowest BCUT2D eigenvalue weighted by atomic mass is 9.79. The van der Waals surface area contributed by atoms with E-state index in [1.807, 2.05) is 18.2 Å². The second kappa shape index (κ2) is 16.5. The third-order valence-corrected chi connectivity index (χ3v) is 10.4. The largest absolute Gasteiger partial charge is 0.445 e. The van der Waals surface area contributed by atoms with Gasteiger partial charge in [0.2, 0.25) is 10.0 Å². The van der Waals surface area contributed by atoms with Crippen molar-refractivity contribution >= 4 is 21.8 Å². The number of nitro benzene ring substituents is 1. The molecular weight excluding hydrogens is 604 g/mol. The number of likely N-dealkylation sites (N-methyl/N-ethyl adjacent to an activating group) is 1. The number of nitro groups is 1. The topological polar surface area (TPSA) is 113 Å². The molecule has 1 unspecified atom stereocenters. The highest BCUT2D eigenvalue weighted by Crippen LogP contribution is 2.31. The first-order chi connectivity index (χ1) is 21.5. The lowest BCUT2D eigenvalue weighted by Gasteiger charge is -2.40. The van der Waals surface area contributed by atoms with Crippen LogP contribution in [-0.2, 0) is 26.8 Å². The molecule has 248 valence electrons. The monoisotopic (exact) mass is 650 g/mol. The maximum atomic E-state index is 13.4. The Morgan fingerprint density at radius 3 is 2.20 bits per heavy atom. The van der Waals surface area contributed by atoms with E-state index in [4.69, 9.17) is 4.74 Å². The van der Waals surface area contributed by atoms with Gasteiger partial charge in [0.1, 0.15) is 6.61 Å². The Morgan fingerprint density at radius 2 is 1.63 bits per heavy atom. The molecule has 0 bridgehead atoms. The molecule has 3 aromatic carbocycles. The summed E-state index contributed by atoms with van der Waals surface area (Å²) < 4.78 is 33.7. The van der Waals surface area contributed by atoms with Gasteiger partial charge in [-0.25, -0.2) is 17.5 Å². The minimum atomic E-state index is -3.65. The summed E-state index contributed by atoms with van der Waals surface area (Å²) in [6, 6.07) is 24.5. The average molecular weight is 651 g/mol. The second-order valence-electron chi connectivity index (χ2n) is 11.7. The van der Waals surface area contributed by atoms with Crippen LogP contribution in [0.1, 0.15) is 44.7 Å². The molecule has 1 heterocycles. The Hall–Kier alpha value is -4.06. The molecule has 0 aromatic heterocycles. The fraction of sp³-hybridized carbons (Fsp3) is 0.400. The van der Waals surface area contributed by atoms with Crippen molar-refractivity contribution in [3.05, 3.63) is 119 Å². The molecule has 11 heteroatoms. The number of nitrogens with zero attached hydrogens (tertiary/aromatic N) is 4. The Kier molecular flexibility index (Phi) is 13.0. The van der Waals surface area contributed by atoms with Crippen molar-refractivity contribution in [2.45, 2.75) is 56.6 Å². The van der Waals surface area contributed by atoms with E-state index >= 15 is 0 Å². The predicted molar refractivity (Wildman–Crippen MR) is 181 cm³/mol. The highest BCUT2D eigenvalue weighted by atomic mass is 32.2. The summed E-state index contributed by atoms with van der Waals surface area (Å²) in [5.41, 5.74) is 1.32. The Balaban J connectivity index is 0.00000576. The van der Waals surface area contributed by atoms with Gasteiger partial charge in [-0.3, -0.25) is 10.1 Å². The van der Waals surface area contributed by atoms with E-state index in [1.54, 1.807) is 60.5 Å². The summed E-state index contributed by atoms with van der Waals surface area (Å²) in [6.07, 6.45) is 3.54. The van der Waals surface area contributed by atoms with Crippen molar-refractivity contribution in [2.24, 2.45) is 0 Å². The smallest absolute Gasteiger partial charge is 0.410 e. The number of benzene rings is 3. The van der Waals surface area contributed by atoms with Gasteiger partial charge in [0, 0.05) is 56.8 Å². The van der Waals surface area contributed by atoms with Crippen molar-refractivity contribution in [2.75, 3.05) is 39.8 Å². The first-order valence-corrected chi connectivity index (χ1v) is 16.5. The predicted octanol–water partition coefficient (Wildman–Crippen LogP) is 6.49. The van der Waals surface area contributed by atoms with Crippen LogP contribution in [0.2, 0.25) is 0 Å². The molecule has 1 amide bonds. The van der Waals surface area contributed by atoms with Crippen molar-refractivity contribution in [1.29, 1.82) is 0 Å². The zero-order valence-electron chi connectivity index (χ0n) is 26.0. The summed E-state index contributed by atoms with van der Waals surface area (Å²) >= 11 is 0. The van der Waals surface area contributed by atoms with E-state index in [1.165, 1.54) is 16.4 Å². The highest BCUT2D eigenvalue weighted by Gasteiger charge is 2.34. The van der Waals surface area contributed by atoms with Crippen molar-refractivity contribution < 1.29 is 22.9 Å². The number of likely N-dealkylation sites (tertiary alicyclic amines) is 1. The molecule has 4 rings (SSSR count). The summed E-state index contributed by atoms with van der Waals surface area (Å²) in [5, 5.41) is 10.9. The van der Waals surface area contributed by atoms with Gasteiger partial charge in [-0.1, -0.05) is 69.0 Å². The van der Waals surface area contributed by atoms with E-state index in [9.17, 15) is 23.3 Å². The van der Waals surface area contributed by atoms with Crippen LogP contribution in [0.25, 0.3) is 0 Å². The molecule has 0 aliphatic carbocycles. The number of carbonyl (C=O) groups excluding carboxylic acids is 1. The van der Waals surface area contributed by atoms with Crippen molar-refractivity contribution in [3.63, 3.8) is 0 Å². The molecule has 1 aliphatic heterocycles. The summed E-state index contributed by atoms with van der Waals surface area (Å²) in [7, 11) is -2.00. The van der Waals surface area contributed by atoms with Crippen LogP contribution in [0.3, 0.4) is 0 Å². The van der Waals surface area contributed by atoms with Gasteiger partial charge in [0.15, 0.2) is 0 Å². The van der Waals surface area contributed by atoms with Gasteiger partial charge < -0.3 is 14.5 Å². The van der Waals surface area contributed by atoms with Gasteiger partial charge in [-0.2, -0.15) is 0 Å². The van der Waals surface area contributed by atoms with E-state index < -0.39 is 26.5 Å². The van der Waals surface area contributed by atoms with Crippen LogP contribution in [-0.4, -0.2) is 79.4 Å². The quantitative estimate of drug-likeness (QED) is 0.111. The Morgan fingerprint density at radius 1 is 1.04 bits per heavy atom. The standard InChI is InChI=1S/C34H42N4O6S.CH4/c1-4-22-37(33(39)44-26-28-15-17-31(18-16-28)38(40)41)30-19-23-36(24-20-30)25-21-34(2,29-11-7-5-8-12-29)27-35(3)45(42,43)32-13-9-6-10-14-32;/h4-18,30H,1,19-27H2,2-3H3;1H4. The number of hydrogen-bond donors (Lipinski definition) is 0. The number of rotatable bonds is 14. The third-order valence-electron chi connectivity index (χ3n) is 8.54. The maximum absolute atomic E-state index is 13.4. The lowest BCUT2D eigenvalue weighted by molar-refractivity contribution is -0.384. The first kappa shape index (κ1) is 36.4. The number of carbonyl (C=O) groups is 1. The zero-order valence-corrected chi connectivity index (χ0v) is 26.8. The van der Waals surface area contributed by atoms with Crippen LogP contribution in [0.5, 0.6) is 0 Å². The summed E-state index contributed by atoms with van der Waals surface area (Å²) in [6.45, 7) is 9.01. The van der Waals surface area contributed by atoms with E-state index in [0.717, 1.165) is 44.5 Å². The number of amides is 1. The zero-order chi connectivity index (χ0) is 32.5. The molecule has 10 nitrogen and oxygen atoms in total. The minimum absolute atomic E-state index is 0. The van der Waals surface area contributed by atoms with Gasteiger partial charge in [-0.15, -0.1) is 6.58 Å². The van der Waals surface area contributed by atoms with Crippen LogP contribution in [0.4, 0.5) is 10.5 Å². The lowest BCUT2D eigenvalue weighted by Crippen LogP contribution is -2.48. The molecular formula is C35H46N4O6S. The summed E-state index contributed by atoms with van der Waals surface area (Å²) in [5.74, 6) is 0. The fourth-order valence-electron chi connectivity index (χ4n) is 5.82. The molecule has 0 N–H and O–H groups in total. The van der Waals surface area contributed by atoms with E-state index in [0.29, 0.717) is 18.7 Å². The molecule has 1 fully saturated rings. The molecule has 46 heavy (non-hydrogen) atoms. The number of piperidine rings is 1. The highest BCUT2D eigenvalue weighted by molar-refractivity contribution is 7.89. The fourth-order valence-corrected chi connectivity index (χ4v) is 7.13. The van der Waals surface area contributed by atoms with Crippen molar-refractivity contribution in [1.82, 2.24) is 14.1 Å². The SMILES string of the molecule is C.C=CCN(C(=O)OCc1ccc([N+](=O)[O-])cc1)C1CCN(CCC(C)(CN(C)S(=O)(=O)c2ccccc2)c2ccccc2)CC1. The number of hydrogen-bond acceptors (Lipinski definition) is 7. The molecule has 3 aromatic rings. The van der Waals surface area contributed by atoms with Gasteiger partial charge in [-0.05, 0) is 61.2 Å². The number of non-ortho nitro benzene ring substituents is 1.